The van der Waals surface area contributed by atoms with Gasteiger partial charge in [0.25, 0.3) is 0 Å². The van der Waals surface area contributed by atoms with Crippen molar-refractivity contribution in [1.29, 1.82) is 0 Å². The minimum absolute atomic E-state index is 0.136. The molecule has 0 aliphatic carbocycles. The van der Waals surface area contributed by atoms with Gasteiger partial charge in [-0.1, -0.05) is 63.9 Å². The van der Waals surface area contributed by atoms with Crippen molar-refractivity contribution >= 4 is 39.1 Å². The van der Waals surface area contributed by atoms with Crippen molar-refractivity contribution in [2.75, 3.05) is 5.32 Å². The summed E-state index contributed by atoms with van der Waals surface area (Å²) in [6.07, 6.45) is 0. The van der Waals surface area contributed by atoms with Gasteiger partial charge in [0.2, 0.25) is 5.91 Å². The van der Waals surface area contributed by atoms with Crippen LogP contribution in [0, 0.1) is 6.92 Å². The first-order valence-electron chi connectivity index (χ1n) is 8.60. The Hall–Kier alpha value is -2.30. The molecule has 0 bridgehead atoms. The van der Waals surface area contributed by atoms with Gasteiger partial charge in [-0.3, -0.25) is 4.79 Å². The number of fused-ring (bicyclic) bond motifs is 2. The summed E-state index contributed by atoms with van der Waals surface area (Å²) in [6, 6.07) is 19.2. The van der Waals surface area contributed by atoms with Crippen LogP contribution in [0.2, 0.25) is 5.02 Å². The molecular formula is C22H17BrClNO2. The summed E-state index contributed by atoms with van der Waals surface area (Å²) in [6.45, 7) is 2.36. The van der Waals surface area contributed by atoms with Crippen LogP contribution in [0.5, 0.6) is 5.75 Å². The van der Waals surface area contributed by atoms with Gasteiger partial charge in [-0.2, -0.15) is 0 Å². The van der Waals surface area contributed by atoms with Gasteiger partial charge in [0, 0.05) is 10.0 Å². The van der Waals surface area contributed by atoms with Crippen molar-refractivity contribution in [3.63, 3.8) is 0 Å². The van der Waals surface area contributed by atoms with Gasteiger partial charge >= 0.3 is 0 Å². The zero-order chi connectivity index (χ0) is 19.0. The number of ether oxygens (including phenoxy) is 1. The molecule has 136 valence electrons. The largest absolute Gasteiger partial charge is 0.489 e. The molecule has 0 fully saturated rings. The van der Waals surface area contributed by atoms with E-state index in [2.05, 4.69) is 21.2 Å². The highest BCUT2D eigenvalue weighted by Crippen LogP contribution is 2.40. The molecule has 0 radical (unpaired) electrons. The van der Waals surface area contributed by atoms with Gasteiger partial charge in [-0.15, -0.1) is 0 Å². The van der Waals surface area contributed by atoms with Crippen LogP contribution in [0.1, 0.15) is 28.2 Å². The number of rotatable bonds is 2. The van der Waals surface area contributed by atoms with Crippen LogP contribution < -0.4 is 10.1 Å². The fourth-order valence-electron chi connectivity index (χ4n) is 3.41. The zero-order valence-corrected chi connectivity index (χ0v) is 17.0. The molecule has 3 aromatic carbocycles. The molecule has 5 heteroatoms. The monoisotopic (exact) mass is 441 g/mol. The van der Waals surface area contributed by atoms with Crippen molar-refractivity contribution in [3.8, 4) is 5.75 Å². The Morgan fingerprint density at radius 3 is 2.74 bits per heavy atom. The summed E-state index contributed by atoms with van der Waals surface area (Å²) >= 11 is 9.84. The van der Waals surface area contributed by atoms with E-state index in [1.807, 2.05) is 61.5 Å². The Bertz CT molecular complexity index is 1010. The Morgan fingerprint density at radius 2 is 1.93 bits per heavy atom. The summed E-state index contributed by atoms with van der Waals surface area (Å²) < 4.78 is 6.88. The number of hydrogen-bond acceptors (Lipinski definition) is 2. The van der Waals surface area contributed by atoms with Crippen LogP contribution in [0.15, 0.2) is 65.1 Å². The zero-order valence-electron chi connectivity index (χ0n) is 14.6. The molecule has 1 heterocycles. The molecule has 1 aliphatic heterocycles. The van der Waals surface area contributed by atoms with E-state index < -0.39 is 5.92 Å². The average molecular weight is 443 g/mol. The highest BCUT2D eigenvalue weighted by molar-refractivity contribution is 9.10. The van der Waals surface area contributed by atoms with Crippen LogP contribution in [0.4, 0.5) is 5.69 Å². The third-order valence-corrected chi connectivity index (χ3v) is 5.57. The molecule has 27 heavy (non-hydrogen) atoms. The maximum absolute atomic E-state index is 13.4. The molecule has 4 rings (SSSR count). The fraction of sp³-hybridized carbons (Fsp3) is 0.136. The number of carbonyl (C=O) groups is 1. The standard InChI is InChI=1S/C22H17BrClNO2/c1-13-5-4-8-18(24)21(13)25-22(26)20-16-7-3-2-6-14(16)12-27-19-10-9-15(23)11-17(19)20/h2-11,20H,12H2,1H3,(H,25,26). The molecule has 3 nitrogen and oxygen atoms in total. The Morgan fingerprint density at radius 1 is 1.11 bits per heavy atom. The summed E-state index contributed by atoms with van der Waals surface area (Å²) in [7, 11) is 0. The molecule has 1 aliphatic rings. The number of aryl methyl sites for hydroxylation is 1. The summed E-state index contributed by atoms with van der Waals surface area (Å²) in [4.78, 5) is 13.4. The van der Waals surface area contributed by atoms with Crippen molar-refractivity contribution in [2.45, 2.75) is 19.4 Å². The molecule has 1 amide bonds. The molecule has 1 N–H and O–H groups in total. The van der Waals surface area contributed by atoms with Gasteiger partial charge in [0.05, 0.1) is 16.6 Å². The number of carbonyl (C=O) groups excluding carboxylic acids is 1. The number of nitrogens with one attached hydrogen (secondary N) is 1. The van der Waals surface area contributed by atoms with Gasteiger partial charge in [0.1, 0.15) is 12.4 Å². The predicted molar refractivity (Wildman–Crippen MR) is 112 cm³/mol. The minimum Gasteiger partial charge on any atom is -0.489 e. The lowest BCUT2D eigenvalue weighted by Gasteiger charge is -2.20. The van der Waals surface area contributed by atoms with Gasteiger partial charge in [-0.05, 0) is 47.9 Å². The van der Waals surface area contributed by atoms with E-state index >= 15 is 0 Å². The second kappa shape index (κ2) is 7.37. The topological polar surface area (TPSA) is 38.3 Å². The molecule has 3 aromatic rings. The lowest BCUT2D eigenvalue weighted by atomic mass is 9.87. The Labute approximate surface area is 171 Å². The lowest BCUT2D eigenvalue weighted by Crippen LogP contribution is -2.23. The van der Waals surface area contributed by atoms with Gasteiger partial charge in [-0.25, -0.2) is 0 Å². The number of para-hydroxylation sites is 1. The smallest absolute Gasteiger partial charge is 0.236 e. The highest BCUT2D eigenvalue weighted by atomic mass is 79.9. The van der Waals surface area contributed by atoms with E-state index in [4.69, 9.17) is 16.3 Å². The highest BCUT2D eigenvalue weighted by Gasteiger charge is 2.31. The predicted octanol–water partition coefficient (Wildman–Crippen LogP) is 6.07. The molecule has 0 saturated carbocycles. The molecule has 0 spiro atoms. The van der Waals surface area contributed by atoms with Crippen LogP contribution >= 0.6 is 27.5 Å². The van der Waals surface area contributed by atoms with Crippen LogP contribution in [0.25, 0.3) is 0 Å². The summed E-state index contributed by atoms with van der Waals surface area (Å²) in [5, 5.41) is 3.56. The van der Waals surface area contributed by atoms with Gasteiger partial charge in [0.15, 0.2) is 0 Å². The maximum Gasteiger partial charge on any atom is 0.236 e. The number of halogens is 2. The average Bonchev–Trinajstić information content (AvgIpc) is 2.81. The molecular weight excluding hydrogens is 426 g/mol. The molecule has 1 atom stereocenters. The van der Waals surface area contributed by atoms with Crippen molar-refractivity contribution in [2.24, 2.45) is 0 Å². The summed E-state index contributed by atoms with van der Waals surface area (Å²) in [5.41, 5.74) is 4.33. The Kier molecular flexibility index (Phi) is 4.94. The number of anilines is 1. The molecule has 0 aromatic heterocycles. The fourth-order valence-corrected chi connectivity index (χ4v) is 4.06. The van der Waals surface area contributed by atoms with Crippen LogP contribution in [-0.4, -0.2) is 5.91 Å². The first kappa shape index (κ1) is 18.1. The third kappa shape index (κ3) is 3.47. The van der Waals surface area contributed by atoms with E-state index in [0.29, 0.717) is 23.1 Å². The van der Waals surface area contributed by atoms with Crippen molar-refractivity contribution < 1.29 is 9.53 Å². The first-order chi connectivity index (χ1) is 13.0. The SMILES string of the molecule is Cc1cccc(Cl)c1NC(=O)C1c2ccccc2COc2ccc(Br)cc21. The van der Waals surface area contributed by atoms with Crippen LogP contribution in [0.3, 0.4) is 0 Å². The lowest BCUT2D eigenvalue weighted by molar-refractivity contribution is -0.116. The second-order valence-electron chi connectivity index (χ2n) is 6.52. The van der Waals surface area contributed by atoms with E-state index in [0.717, 1.165) is 26.7 Å². The van der Waals surface area contributed by atoms with E-state index in [9.17, 15) is 4.79 Å². The second-order valence-corrected chi connectivity index (χ2v) is 7.85. The number of hydrogen-bond donors (Lipinski definition) is 1. The van der Waals surface area contributed by atoms with E-state index in [1.165, 1.54) is 0 Å². The van der Waals surface area contributed by atoms with Crippen molar-refractivity contribution in [3.05, 3.63) is 92.4 Å². The maximum atomic E-state index is 13.4. The number of benzene rings is 3. The minimum atomic E-state index is -0.494. The number of amides is 1. The molecule has 0 saturated heterocycles. The van der Waals surface area contributed by atoms with Gasteiger partial charge < -0.3 is 10.1 Å². The van der Waals surface area contributed by atoms with Crippen LogP contribution in [-0.2, 0) is 11.4 Å². The third-order valence-electron chi connectivity index (χ3n) is 4.76. The van der Waals surface area contributed by atoms with Crippen molar-refractivity contribution in [1.82, 2.24) is 0 Å². The molecule has 1 unspecified atom stereocenters. The quantitative estimate of drug-likeness (QED) is 0.523. The normalized spacial score (nSPS) is 15.1. The first-order valence-corrected chi connectivity index (χ1v) is 9.77. The summed E-state index contributed by atoms with van der Waals surface area (Å²) in [5.74, 6) is 0.0841. The Balaban J connectivity index is 1.83. The van der Waals surface area contributed by atoms with E-state index in [-0.39, 0.29) is 5.91 Å². The van der Waals surface area contributed by atoms with E-state index in [1.54, 1.807) is 6.07 Å².